The summed E-state index contributed by atoms with van der Waals surface area (Å²) < 4.78 is 38.9. The normalized spacial score (nSPS) is 15.4. The zero-order valence-corrected chi connectivity index (χ0v) is 51.0. The summed E-state index contributed by atoms with van der Waals surface area (Å²) in [6.07, 6.45) is 0. The Morgan fingerprint density at radius 3 is 1.05 bits per heavy atom. The largest absolute Gasteiger partial charge is 0.457 e. The zero-order valence-electron chi connectivity index (χ0n) is 52.0. The van der Waals surface area contributed by atoms with Gasteiger partial charge in [-0.25, -0.2) is 0 Å². The molecule has 9 aromatic rings. The fourth-order valence-corrected chi connectivity index (χ4v) is 14.2. The van der Waals surface area contributed by atoms with Crippen molar-refractivity contribution in [3.8, 4) is 23.0 Å². The molecule has 0 saturated carbocycles. The monoisotopic (exact) mass is 1120 g/mol. The van der Waals surface area contributed by atoms with E-state index in [-0.39, 0.29) is 6.67 Å². The average molecular weight is 1120 g/mol. The van der Waals surface area contributed by atoms with Crippen LogP contribution in [0.25, 0.3) is 0 Å². The van der Waals surface area contributed by atoms with Gasteiger partial charge in [-0.3, -0.25) is 0 Å². The standard InChI is InChI=1S/C70H74N8O2Si2/c1-47-31-67-69(33-49(47)3)73(43-71(67)5)53-19-17-21-57(35-53)79-59-37-55(39-61(41-59)81(7,8)9)77-45-75(63-23-13-15-25-65(63)77)51-27-29-52(30-28-51)76-46-78(66-26-16-14-24-64(66)76)56-38-60(42-62(40-56)82(10,11)12)80-58-22-18-20-54(36-58)74-44-72(6)68-32-48(2)50(4)34-70(68)74/h13-42H,43-46H2,1-12H3/i5D3. The third kappa shape index (κ3) is 9.66. The van der Waals surface area contributed by atoms with Crippen molar-refractivity contribution in [1.29, 1.82) is 0 Å². The van der Waals surface area contributed by atoms with Gasteiger partial charge in [0.1, 0.15) is 36.3 Å². The first-order chi connectivity index (χ1) is 40.5. The number of nitrogens with zero attached hydrogens (tertiary/aromatic N) is 8. The van der Waals surface area contributed by atoms with Gasteiger partial charge in [0, 0.05) is 76.5 Å². The average Bonchev–Trinajstić information content (AvgIpc) is 1.95. The second kappa shape index (κ2) is 20.1. The number of para-hydroxylation sites is 4. The molecule has 0 N–H and O–H groups in total. The molecular formula is C70H74N8O2Si2. The van der Waals surface area contributed by atoms with Gasteiger partial charge in [0.05, 0.1) is 75.0 Å². The molecule has 0 spiro atoms. The first-order valence-electron chi connectivity index (χ1n) is 30.0. The van der Waals surface area contributed by atoms with E-state index in [9.17, 15) is 0 Å². The Bertz CT molecular complexity index is 4090. The number of hydrogen-bond donors (Lipinski definition) is 0. The van der Waals surface area contributed by atoms with Gasteiger partial charge in [-0.15, -0.1) is 0 Å². The van der Waals surface area contributed by atoms with Crippen LogP contribution in [-0.2, 0) is 0 Å². The third-order valence-corrected chi connectivity index (χ3v) is 21.0. The summed E-state index contributed by atoms with van der Waals surface area (Å²) >= 11 is 0. The highest BCUT2D eigenvalue weighted by atomic mass is 28.3. The summed E-state index contributed by atoms with van der Waals surface area (Å²) in [6.45, 7) is 22.7. The van der Waals surface area contributed by atoms with E-state index in [4.69, 9.17) is 13.6 Å². The molecule has 0 unspecified atom stereocenters. The van der Waals surface area contributed by atoms with Crippen LogP contribution < -0.4 is 59.0 Å². The van der Waals surface area contributed by atoms with E-state index in [0.29, 0.717) is 24.8 Å². The lowest BCUT2D eigenvalue weighted by atomic mass is 10.1. The summed E-state index contributed by atoms with van der Waals surface area (Å²) in [5.74, 6) is 3.08. The van der Waals surface area contributed by atoms with Crippen LogP contribution in [0.1, 0.15) is 26.4 Å². The van der Waals surface area contributed by atoms with Crippen LogP contribution in [-0.4, -0.2) is 56.8 Å². The van der Waals surface area contributed by atoms with Crippen LogP contribution in [0.2, 0.25) is 39.3 Å². The van der Waals surface area contributed by atoms with Crippen LogP contribution in [0.4, 0.5) is 79.6 Å². The molecule has 0 bridgehead atoms. The predicted octanol–water partition coefficient (Wildman–Crippen LogP) is 17.2. The SMILES string of the molecule is [2H]C([2H])([2H])N1CN(c2cccc(Oc3cc(N4CN(c5ccc(N6CN(c7cc(Oc8cccc(N9CN(C)c%10cc(C)c(C)cc%109)c8)cc([Si](C)(C)C)c7)c7ccccc76)cc5)c5ccccc54)cc([Si](C)(C)C)c3)c2)c2cc(C)c(C)cc21. The Hall–Kier alpha value is -8.59. The van der Waals surface area contributed by atoms with E-state index < -0.39 is 23.1 Å². The maximum atomic E-state index is 8.37. The van der Waals surface area contributed by atoms with Gasteiger partial charge >= 0.3 is 0 Å². The second-order valence-electron chi connectivity index (χ2n) is 24.7. The molecule has 10 nitrogen and oxygen atoms in total. The second-order valence-corrected chi connectivity index (χ2v) is 34.9. The molecule has 0 aromatic heterocycles. The number of aryl methyl sites for hydroxylation is 4. The van der Waals surface area contributed by atoms with Crippen molar-refractivity contribution in [3.63, 3.8) is 0 Å². The summed E-state index contributed by atoms with van der Waals surface area (Å²) in [5, 5.41) is 2.62. The Morgan fingerprint density at radius 1 is 0.317 bits per heavy atom. The summed E-state index contributed by atoms with van der Waals surface area (Å²) in [4.78, 5) is 17.9. The van der Waals surface area contributed by atoms with Crippen molar-refractivity contribution in [2.24, 2.45) is 0 Å². The number of benzene rings is 9. The van der Waals surface area contributed by atoms with Crippen molar-refractivity contribution in [2.75, 3.05) is 79.9 Å². The fraction of sp³-hybridized carbons (Fsp3) is 0.229. The van der Waals surface area contributed by atoms with Crippen molar-refractivity contribution >= 4 is 106 Å². The smallest absolute Gasteiger partial charge is 0.129 e. The Labute approximate surface area is 491 Å². The first kappa shape index (κ1) is 49.2. The number of ether oxygens (including phenoxy) is 2. The Kier molecular flexibility index (Phi) is 12.1. The number of rotatable bonds is 12. The van der Waals surface area contributed by atoms with E-state index >= 15 is 0 Å². The van der Waals surface area contributed by atoms with E-state index in [1.165, 1.54) is 37.8 Å². The van der Waals surface area contributed by atoms with Crippen LogP contribution in [0, 0.1) is 27.7 Å². The van der Waals surface area contributed by atoms with Crippen molar-refractivity contribution in [3.05, 3.63) is 204 Å². The Morgan fingerprint density at radius 2 is 0.659 bits per heavy atom. The van der Waals surface area contributed by atoms with Crippen molar-refractivity contribution in [2.45, 2.75) is 67.0 Å². The lowest BCUT2D eigenvalue weighted by molar-refractivity contribution is 0.483. The minimum Gasteiger partial charge on any atom is -0.457 e. The van der Waals surface area contributed by atoms with Gasteiger partial charge in [-0.2, -0.15) is 0 Å². The quantitative estimate of drug-likeness (QED) is 0.111. The van der Waals surface area contributed by atoms with Crippen LogP contribution in [0.5, 0.6) is 23.0 Å². The molecule has 0 radical (unpaired) electrons. The zero-order chi connectivity index (χ0) is 59.4. The fourth-order valence-electron chi connectivity index (χ4n) is 11.9. The van der Waals surface area contributed by atoms with Crippen LogP contribution >= 0.6 is 0 Å². The molecule has 414 valence electrons. The summed E-state index contributed by atoms with van der Waals surface area (Å²) in [7, 11) is -1.52. The van der Waals surface area contributed by atoms with Gasteiger partial charge in [0.15, 0.2) is 0 Å². The lowest BCUT2D eigenvalue weighted by Crippen LogP contribution is -2.38. The third-order valence-electron chi connectivity index (χ3n) is 16.9. The van der Waals surface area contributed by atoms with Gasteiger partial charge in [0.25, 0.3) is 0 Å². The van der Waals surface area contributed by atoms with E-state index in [0.717, 1.165) is 97.6 Å². The predicted molar refractivity (Wildman–Crippen MR) is 352 cm³/mol. The highest BCUT2D eigenvalue weighted by molar-refractivity contribution is 6.89. The minimum absolute atomic E-state index is 0.211. The molecule has 4 heterocycles. The lowest BCUT2D eigenvalue weighted by Gasteiger charge is -2.27. The highest BCUT2D eigenvalue weighted by Gasteiger charge is 2.34. The Balaban J connectivity index is 0.761. The molecule has 0 amide bonds. The maximum Gasteiger partial charge on any atom is 0.129 e. The topological polar surface area (TPSA) is 44.4 Å². The van der Waals surface area contributed by atoms with E-state index in [1.54, 1.807) is 0 Å². The minimum atomic E-state index is -2.29. The molecule has 0 atom stereocenters. The molecule has 0 fully saturated rings. The van der Waals surface area contributed by atoms with Gasteiger partial charge in [0.2, 0.25) is 0 Å². The van der Waals surface area contributed by atoms with Crippen molar-refractivity contribution in [1.82, 2.24) is 0 Å². The van der Waals surface area contributed by atoms with Gasteiger partial charge in [-0.1, -0.05) is 86.1 Å². The van der Waals surface area contributed by atoms with Crippen LogP contribution in [0.15, 0.2) is 182 Å². The van der Waals surface area contributed by atoms with E-state index in [2.05, 4.69) is 253 Å². The number of hydrogen-bond acceptors (Lipinski definition) is 10. The molecule has 0 aliphatic carbocycles. The van der Waals surface area contributed by atoms with E-state index in [1.807, 2.05) is 37.3 Å². The number of fused-ring (bicyclic) bond motifs is 4. The molecule has 9 aromatic carbocycles. The molecule has 4 aliphatic rings. The molecule has 12 heteroatoms. The summed E-state index contributed by atoms with van der Waals surface area (Å²) in [6, 6.07) is 65.2. The van der Waals surface area contributed by atoms with Gasteiger partial charge in [-0.05, 0) is 171 Å². The maximum absolute atomic E-state index is 8.37. The first-order valence-corrected chi connectivity index (χ1v) is 35.5. The molecule has 13 rings (SSSR count). The van der Waals surface area contributed by atoms with Crippen LogP contribution in [0.3, 0.4) is 0 Å². The van der Waals surface area contributed by atoms with Gasteiger partial charge < -0.3 is 48.7 Å². The molecule has 82 heavy (non-hydrogen) atoms. The molecule has 0 saturated heterocycles. The highest BCUT2D eigenvalue weighted by Crippen LogP contribution is 2.49. The molecule has 4 aliphatic heterocycles. The number of anilines is 14. The molecular weight excluding hydrogens is 1040 g/mol. The summed E-state index contributed by atoms with van der Waals surface area (Å²) in [5.41, 5.74) is 19.7. The van der Waals surface area contributed by atoms with Crippen molar-refractivity contribution < 1.29 is 13.6 Å².